The number of aryl methyl sites for hydroxylation is 1. The van der Waals surface area contributed by atoms with Crippen LogP contribution in [0.5, 0.6) is 0 Å². The molecule has 0 unspecified atom stereocenters. The van der Waals surface area contributed by atoms with Gasteiger partial charge in [-0.3, -0.25) is 14.4 Å². The van der Waals surface area contributed by atoms with Crippen LogP contribution in [0.3, 0.4) is 0 Å². The van der Waals surface area contributed by atoms with E-state index in [0.717, 1.165) is 105 Å². The Bertz CT molecular complexity index is 1440. The van der Waals surface area contributed by atoms with Gasteiger partial charge in [-0.2, -0.15) is 4.98 Å². The van der Waals surface area contributed by atoms with E-state index in [2.05, 4.69) is 44.4 Å². The third-order valence-electron chi connectivity index (χ3n) is 7.91. The van der Waals surface area contributed by atoms with Gasteiger partial charge in [0.2, 0.25) is 5.95 Å². The Balaban J connectivity index is 1.23. The van der Waals surface area contributed by atoms with Crippen molar-refractivity contribution in [3.8, 4) is 5.95 Å². The molecule has 3 aliphatic rings. The molecule has 10 nitrogen and oxygen atoms in total. The van der Waals surface area contributed by atoms with Crippen LogP contribution in [0, 0.1) is 0 Å². The van der Waals surface area contributed by atoms with E-state index < -0.39 is 0 Å². The van der Waals surface area contributed by atoms with Crippen LogP contribution >= 0.6 is 0 Å². The van der Waals surface area contributed by atoms with Crippen molar-refractivity contribution in [2.45, 2.75) is 25.9 Å². The summed E-state index contributed by atoms with van der Waals surface area (Å²) in [5.74, 6) is 2.48. The maximum absolute atomic E-state index is 5.65. The largest absolute Gasteiger partial charge is 0.379 e. The van der Waals surface area contributed by atoms with Crippen molar-refractivity contribution in [3.05, 3.63) is 47.9 Å². The predicted octanol–water partition coefficient (Wildman–Crippen LogP) is 2.28. The molecular weight excluding hydrogens is 480 g/mol. The average Bonchev–Trinajstić information content (AvgIpc) is 3.34. The molecule has 7 rings (SSSR count). The van der Waals surface area contributed by atoms with Gasteiger partial charge in [-0.05, 0) is 24.3 Å². The number of pyridine rings is 1. The Morgan fingerprint density at radius 3 is 2.37 bits per heavy atom. The van der Waals surface area contributed by atoms with Gasteiger partial charge in [0.15, 0.2) is 5.82 Å². The number of hydrogen-bond acceptors (Lipinski definition) is 9. The second kappa shape index (κ2) is 10.2. The van der Waals surface area contributed by atoms with Gasteiger partial charge in [-0.25, -0.2) is 15.0 Å². The lowest BCUT2D eigenvalue weighted by Gasteiger charge is -2.46. The number of nitrogens with zero attached hydrogens (tertiary/aromatic N) is 8. The molecule has 4 aromatic rings. The molecule has 38 heavy (non-hydrogen) atoms. The highest BCUT2D eigenvalue weighted by Crippen LogP contribution is 2.28. The van der Waals surface area contributed by atoms with Gasteiger partial charge in [0.05, 0.1) is 48.7 Å². The van der Waals surface area contributed by atoms with Crippen molar-refractivity contribution in [3.63, 3.8) is 0 Å². The van der Waals surface area contributed by atoms with E-state index >= 15 is 0 Å². The van der Waals surface area contributed by atoms with E-state index in [0.29, 0.717) is 25.2 Å². The molecule has 6 heterocycles. The van der Waals surface area contributed by atoms with E-state index in [9.17, 15) is 0 Å². The van der Waals surface area contributed by atoms with E-state index in [1.807, 2.05) is 18.2 Å². The van der Waals surface area contributed by atoms with E-state index in [1.54, 1.807) is 0 Å². The van der Waals surface area contributed by atoms with Crippen LogP contribution in [0.1, 0.15) is 18.4 Å². The first-order valence-electron chi connectivity index (χ1n) is 13.8. The van der Waals surface area contributed by atoms with Crippen LogP contribution in [-0.4, -0.2) is 106 Å². The molecule has 0 amide bonds. The molecule has 3 aromatic heterocycles. The molecule has 0 aliphatic carbocycles. The molecule has 0 bridgehead atoms. The number of para-hydroxylation sites is 2. The lowest BCUT2D eigenvalue weighted by atomic mass is 10.1. The smallest absolute Gasteiger partial charge is 0.238 e. The number of hydrogen-bond donors (Lipinski definition) is 0. The highest BCUT2D eigenvalue weighted by molar-refractivity contribution is 5.87. The summed E-state index contributed by atoms with van der Waals surface area (Å²) in [6, 6.07) is 13.0. The monoisotopic (exact) mass is 514 g/mol. The fraction of sp³-hybridized carbons (Fsp3) is 0.500. The van der Waals surface area contributed by atoms with Crippen LogP contribution in [0.2, 0.25) is 0 Å². The van der Waals surface area contributed by atoms with Crippen LogP contribution < -0.4 is 4.90 Å². The van der Waals surface area contributed by atoms with Crippen LogP contribution in [-0.2, 0) is 22.4 Å². The van der Waals surface area contributed by atoms with Gasteiger partial charge in [-0.15, -0.1) is 0 Å². The molecule has 3 aliphatic heterocycles. The summed E-state index contributed by atoms with van der Waals surface area (Å²) in [7, 11) is 0. The summed E-state index contributed by atoms with van der Waals surface area (Å²) < 4.78 is 13.3. The average molecular weight is 515 g/mol. The molecule has 198 valence electrons. The summed E-state index contributed by atoms with van der Waals surface area (Å²) in [5, 5.41) is 0. The van der Waals surface area contributed by atoms with Crippen LogP contribution in [0.4, 0.5) is 5.82 Å². The molecule has 0 atom stereocenters. The van der Waals surface area contributed by atoms with Crippen molar-refractivity contribution in [1.82, 2.24) is 34.3 Å². The number of fused-ring (bicyclic) bond motifs is 2. The zero-order valence-electron chi connectivity index (χ0n) is 21.9. The summed E-state index contributed by atoms with van der Waals surface area (Å²) in [6.45, 7) is 11.9. The SMILES string of the molecule is CCc1nc2ccccc2n1-c1nc(N2CCOCC2)c2nc(CN3CC(N4CCOCC4)C3)ccc2n1. The minimum absolute atomic E-state index is 0.631. The Kier molecular flexibility index (Phi) is 6.40. The zero-order chi connectivity index (χ0) is 25.5. The minimum Gasteiger partial charge on any atom is -0.379 e. The number of aromatic nitrogens is 5. The molecule has 0 N–H and O–H groups in total. The Hall–Kier alpha value is -3.18. The highest BCUT2D eigenvalue weighted by atomic mass is 16.5. The van der Waals surface area contributed by atoms with Gasteiger partial charge in [0.25, 0.3) is 0 Å². The summed E-state index contributed by atoms with van der Waals surface area (Å²) in [6.07, 6.45) is 0.793. The zero-order valence-corrected chi connectivity index (χ0v) is 21.9. The third kappa shape index (κ3) is 4.41. The first-order chi connectivity index (χ1) is 18.8. The van der Waals surface area contributed by atoms with Gasteiger partial charge in [0.1, 0.15) is 11.3 Å². The molecule has 0 spiro atoms. The standard InChI is InChI=1S/C28H34N8O2/c1-2-25-30-22-5-3-4-6-24(22)36(25)28-31-23-8-7-20(17-33-18-21(19-33)34-9-13-37-14-10-34)29-26(23)27(32-28)35-11-15-38-16-12-35/h3-8,21H,2,9-19H2,1H3. The predicted molar refractivity (Wildman–Crippen MR) is 146 cm³/mol. The van der Waals surface area contributed by atoms with Gasteiger partial charge < -0.3 is 14.4 Å². The van der Waals surface area contributed by atoms with Crippen molar-refractivity contribution in [1.29, 1.82) is 0 Å². The molecule has 0 saturated carbocycles. The molecule has 0 radical (unpaired) electrons. The fourth-order valence-electron chi connectivity index (χ4n) is 5.82. The van der Waals surface area contributed by atoms with Gasteiger partial charge in [-0.1, -0.05) is 19.1 Å². The number of benzene rings is 1. The van der Waals surface area contributed by atoms with Crippen molar-refractivity contribution < 1.29 is 9.47 Å². The van der Waals surface area contributed by atoms with E-state index in [4.69, 9.17) is 29.4 Å². The van der Waals surface area contributed by atoms with Crippen LogP contribution in [0.25, 0.3) is 28.0 Å². The quantitative estimate of drug-likeness (QED) is 0.385. The maximum atomic E-state index is 5.65. The molecule has 3 fully saturated rings. The Morgan fingerprint density at radius 1 is 0.816 bits per heavy atom. The van der Waals surface area contributed by atoms with Crippen molar-refractivity contribution in [2.24, 2.45) is 0 Å². The van der Waals surface area contributed by atoms with E-state index in [1.165, 1.54) is 0 Å². The fourth-order valence-corrected chi connectivity index (χ4v) is 5.82. The van der Waals surface area contributed by atoms with Crippen molar-refractivity contribution >= 4 is 27.9 Å². The Morgan fingerprint density at radius 2 is 1.58 bits per heavy atom. The lowest BCUT2D eigenvalue weighted by Crippen LogP contribution is -2.60. The van der Waals surface area contributed by atoms with Gasteiger partial charge in [0, 0.05) is 58.3 Å². The summed E-state index contributed by atoms with van der Waals surface area (Å²) >= 11 is 0. The first kappa shape index (κ1) is 23.9. The van der Waals surface area contributed by atoms with Gasteiger partial charge >= 0.3 is 0 Å². The second-order valence-corrected chi connectivity index (χ2v) is 10.3. The first-order valence-corrected chi connectivity index (χ1v) is 13.8. The topological polar surface area (TPSA) is 84.7 Å². The number of morpholine rings is 2. The van der Waals surface area contributed by atoms with E-state index in [-0.39, 0.29) is 0 Å². The molecule has 10 heteroatoms. The third-order valence-corrected chi connectivity index (χ3v) is 7.91. The van der Waals surface area contributed by atoms with Crippen molar-refractivity contribution in [2.75, 3.05) is 70.6 Å². The Labute approximate surface area is 222 Å². The summed E-state index contributed by atoms with van der Waals surface area (Å²) in [5.41, 5.74) is 4.76. The number of anilines is 1. The molecule has 1 aromatic carbocycles. The molecule has 3 saturated heterocycles. The highest BCUT2D eigenvalue weighted by Gasteiger charge is 2.32. The molecular formula is C28H34N8O2. The number of likely N-dealkylation sites (tertiary alicyclic amines) is 1. The minimum atomic E-state index is 0.631. The van der Waals surface area contributed by atoms with Crippen LogP contribution in [0.15, 0.2) is 36.4 Å². The maximum Gasteiger partial charge on any atom is 0.238 e. The number of imidazole rings is 1. The second-order valence-electron chi connectivity index (χ2n) is 10.3. The number of ether oxygens (including phenoxy) is 2. The lowest BCUT2D eigenvalue weighted by molar-refractivity contribution is -0.0347. The summed E-state index contributed by atoms with van der Waals surface area (Å²) in [4.78, 5) is 27.5. The normalized spacial score (nSPS) is 19.9. The number of rotatable bonds is 6.